The predicted molar refractivity (Wildman–Crippen MR) is 115 cm³/mol. The molecule has 0 aromatic heterocycles. The molecule has 9 heteroatoms. The van der Waals surface area contributed by atoms with Crippen LogP contribution in [0.1, 0.15) is 48.7 Å². The number of phenols is 1. The van der Waals surface area contributed by atoms with E-state index in [1.165, 1.54) is 30.6 Å². The molecule has 8 nitrogen and oxygen atoms in total. The lowest BCUT2D eigenvalue weighted by Gasteiger charge is -2.25. The van der Waals surface area contributed by atoms with E-state index in [4.69, 9.17) is 9.94 Å². The Morgan fingerprint density at radius 3 is 2.44 bits per heavy atom. The maximum Gasteiger partial charge on any atom is 0.412 e. The highest BCUT2D eigenvalue weighted by Gasteiger charge is 2.24. The minimum Gasteiger partial charge on any atom is -0.505 e. The molecule has 0 saturated carbocycles. The number of ether oxygens (including phenoxy) is 1. The van der Waals surface area contributed by atoms with Crippen LogP contribution in [-0.2, 0) is 9.53 Å². The summed E-state index contributed by atoms with van der Waals surface area (Å²) in [5, 5.41) is 20.5. The summed E-state index contributed by atoms with van der Waals surface area (Å²) in [5.74, 6) is -2.42. The molecule has 4 N–H and O–H groups in total. The Morgan fingerprint density at radius 2 is 1.84 bits per heavy atom. The molecular weight excluding hydrogens is 419 g/mol. The quantitative estimate of drug-likeness (QED) is 0.195. The number of anilines is 1. The van der Waals surface area contributed by atoms with Crippen molar-refractivity contribution < 1.29 is 33.8 Å². The molecule has 0 radical (unpaired) electrons. The topological polar surface area (TPSA) is 125 Å². The average molecular weight is 444 g/mol. The molecule has 0 spiro atoms. The highest BCUT2D eigenvalue weighted by molar-refractivity contribution is 5.95. The van der Waals surface area contributed by atoms with Gasteiger partial charge in [0, 0.05) is 17.3 Å². The Labute approximate surface area is 184 Å². The summed E-state index contributed by atoms with van der Waals surface area (Å²) >= 11 is 0. The summed E-state index contributed by atoms with van der Waals surface area (Å²) in [5.41, 5.74) is 2.75. The van der Waals surface area contributed by atoms with Crippen LogP contribution < -0.4 is 10.8 Å². The number of benzene rings is 2. The van der Waals surface area contributed by atoms with Crippen molar-refractivity contribution in [3.05, 3.63) is 71.6 Å². The summed E-state index contributed by atoms with van der Waals surface area (Å²) in [6.45, 7) is 3.23. The third kappa shape index (κ3) is 7.21. The number of ketones is 1. The molecule has 0 bridgehead atoms. The number of halogens is 1. The number of rotatable bonds is 9. The fourth-order valence-electron chi connectivity index (χ4n) is 3.00. The Hall–Kier alpha value is -3.72. The largest absolute Gasteiger partial charge is 0.505 e. The first-order valence-corrected chi connectivity index (χ1v) is 9.89. The average Bonchev–Trinajstić information content (AvgIpc) is 2.77. The number of carbonyl (C=O) groups is 3. The van der Waals surface area contributed by atoms with Crippen molar-refractivity contribution in [2.24, 2.45) is 5.92 Å². The Bertz CT molecular complexity index is 990. The molecule has 2 aromatic carbocycles. The fourth-order valence-corrected chi connectivity index (χ4v) is 3.00. The van der Waals surface area contributed by atoms with Crippen LogP contribution in [0.15, 0.2) is 54.6 Å². The second kappa shape index (κ2) is 11.6. The van der Waals surface area contributed by atoms with Crippen LogP contribution in [0.2, 0.25) is 0 Å². The molecule has 0 aliphatic rings. The minimum atomic E-state index is -0.846. The van der Waals surface area contributed by atoms with Crippen molar-refractivity contribution >= 4 is 23.5 Å². The highest BCUT2D eigenvalue weighted by atomic mass is 19.1. The molecule has 0 aliphatic heterocycles. The smallest absolute Gasteiger partial charge is 0.412 e. The normalized spacial score (nSPS) is 12.8. The van der Waals surface area contributed by atoms with Crippen LogP contribution in [0.4, 0.5) is 14.9 Å². The van der Waals surface area contributed by atoms with Crippen molar-refractivity contribution in [1.82, 2.24) is 5.48 Å². The molecule has 0 heterocycles. The number of Topliss-reactive ketones (excluding diaryl/α,β-unsaturated/α-hetero) is 1. The number of aromatic hydroxyl groups is 1. The standard InChI is InChI=1S/C23H25FN2O6/c1-14(5-3-4-6-21(29)26-31)22(17-9-12-20(28)19(24)13-17)32-23(30)25-18-10-7-16(8-11-18)15(2)27/h4,6-14,22,28,31H,3,5H2,1-2H3,(H,25,30)(H,26,29)/b6-4+/t14-,22+/m0/s1. The zero-order valence-corrected chi connectivity index (χ0v) is 17.7. The molecule has 0 fully saturated rings. The number of hydroxylamine groups is 1. The van der Waals surface area contributed by atoms with E-state index in [0.29, 0.717) is 29.7 Å². The fraction of sp³-hybridized carbons (Fsp3) is 0.261. The first-order chi connectivity index (χ1) is 15.2. The van der Waals surface area contributed by atoms with Gasteiger partial charge >= 0.3 is 6.09 Å². The lowest BCUT2D eigenvalue weighted by atomic mass is 9.93. The van der Waals surface area contributed by atoms with Gasteiger partial charge in [-0.15, -0.1) is 0 Å². The van der Waals surface area contributed by atoms with Gasteiger partial charge in [-0.25, -0.2) is 14.7 Å². The van der Waals surface area contributed by atoms with Crippen LogP contribution in [0.3, 0.4) is 0 Å². The Kier molecular flexibility index (Phi) is 8.91. The van der Waals surface area contributed by atoms with Gasteiger partial charge in [0.1, 0.15) is 6.10 Å². The first kappa shape index (κ1) is 24.5. The van der Waals surface area contributed by atoms with Crippen LogP contribution in [0.5, 0.6) is 5.75 Å². The molecule has 0 unspecified atom stereocenters. The van der Waals surface area contributed by atoms with Gasteiger partial charge in [0.05, 0.1) is 0 Å². The van der Waals surface area contributed by atoms with Crippen molar-refractivity contribution in [1.29, 1.82) is 0 Å². The second-order valence-electron chi connectivity index (χ2n) is 7.23. The first-order valence-electron chi connectivity index (χ1n) is 9.89. The second-order valence-corrected chi connectivity index (χ2v) is 7.23. The summed E-state index contributed by atoms with van der Waals surface area (Å²) in [4.78, 5) is 34.9. The van der Waals surface area contributed by atoms with E-state index in [-0.39, 0.29) is 11.7 Å². The monoisotopic (exact) mass is 444 g/mol. The van der Waals surface area contributed by atoms with Gasteiger partial charge in [-0.2, -0.15) is 0 Å². The maximum absolute atomic E-state index is 13.9. The molecule has 2 aromatic rings. The van der Waals surface area contributed by atoms with E-state index >= 15 is 0 Å². The number of allylic oxidation sites excluding steroid dienone is 1. The van der Waals surface area contributed by atoms with Gasteiger partial charge in [-0.05, 0) is 67.6 Å². The van der Waals surface area contributed by atoms with Crippen LogP contribution in [0, 0.1) is 11.7 Å². The number of nitrogens with one attached hydrogen (secondary N) is 2. The maximum atomic E-state index is 13.9. The molecule has 0 aliphatic carbocycles. The van der Waals surface area contributed by atoms with Gasteiger partial charge < -0.3 is 9.84 Å². The molecular formula is C23H25FN2O6. The molecule has 2 rings (SSSR count). The van der Waals surface area contributed by atoms with Crippen LogP contribution in [0.25, 0.3) is 0 Å². The number of carbonyl (C=O) groups excluding carboxylic acids is 3. The van der Waals surface area contributed by atoms with Gasteiger partial charge in [0.25, 0.3) is 5.91 Å². The van der Waals surface area contributed by atoms with Gasteiger partial charge in [-0.3, -0.25) is 20.1 Å². The van der Waals surface area contributed by atoms with Gasteiger partial charge in [0.15, 0.2) is 17.3 Å². The van der Waals surface area contributed by atoms with E-state index in [1.807, 2.05) is 0 Å². The Balaban J connectivity index is 2.13. The third-order valence-electron chi connectivity index (χ3n) is 4.76. The van der Waals surface area contributed by atoms with E-state index in [0.717, 1.165) is 6.07 Å². The number of hydrogen-bond acceptors (Lipinski definition) is 6. The van der Waals surface area contributed by atoms with E-state index < -0.39 is 29.7 Å². The van der Waals surface area contributed by atoms with E-state index in [9.17, 15) is 23.9 Å². The molecule has 0 saturated heterocycles. The summed E-state index contributed by atoms with van der Waals surface area (Å²) in [6, 6.07) is 10.0. The molecule has 2 amide bonds. The van der Waals surface area contributed by atoms with Gasteiger partial charge in [0.2, 0.25) is 0 Å². The van der Waals surface area contributed by atoms with Crippen molar-refractivity contribution in [3.63, 3.8) is 0 Å². The summed E-state index contributed by atoms with van der Waals surface area (Å²) < 4.78 is 19.5. The van der Waals surface area contributed by atoms with Crippen molar-refractivity contribution in [3.8, 4) is 5.75 Å². The Morgan fingerprint density at radius 1 is 1.16 bits per heavy atom. The SMILES string of the molecule is CC(=O)c1ccc(NC(=O)O[C@@H](c2ccc(O)c(F)c2)[C@@H](C)CC/C=C/C(=O)NO)cc1. The number of hydrogen-bond donors (Lipinski definition) is 4. The van der Waals surface area contributed by atoms with E-state index in [2.05, 4.69) is 5.32 Å². The zero-order valence-electron chi connectivity index (χ0n) is 17.7. The number of amides is 2. The van der Waals surface area contributed by atoms with Gasteiger partial charge in [-0.1, -0.05) is 19.1 Å². The lowest BCUT2D eigenvalue weighted by Crippen LogP contribution is -2.22. The van der Waals surface area contributed by atoms with Crippen LogP contribution in [-0.4, -0.2) is 28.1 Å². The predicted octanol–water partition coefficient (Wildman–Crippen LogP) is 4.50. The summed E-state index contributed by atoms with van der Waals surface area (Å²) in [7, 11) is 0. The third-order valence-corrected chi connectivity index (χ3v) is 4.76. The van der Waals surface area contributed by atoms with Crippen LogP contribution >= 0.6 is 0 Å². The van der Waals surface area contributed by atoms with Crippen molar-refractivity contribution in [2.45, 2.75) is 32.8 Å². The highest BCUT2D eigenvalue weighted by Crippen LogP contribution is 2.32. The molecule has 32 heavy (non-hydrogen) atoms. The zero-order chi connectivity index (χ0) is 23.7. The lowest BCUT2D eigenvalue weighted by molar-refractivity contribution is -0.124. The minimum absolute atomic E-state index is 0.104. The van der Waals surface area contributed by atoms with E-state index in [1.54, 1.807) is 37.3 Å². The molecule has 2 atom stereocenters. The molecule has 170 valence electrons. The number of phenolic OH excluding ortho intramolecular Hbond substituents is 1. The summed E-state index contributed by atoms with van der Waals surface area (Å²) in [6.07, 6.45) is 2.00. The van der Waals surface area contributed by atoms with Crippen molar-refractivity contribution in [2.75, 3.05) is 5.32 Å².